The van der Waals surface area contributed by atoms with Crippen LogP contribution in [0.5, 0.6) is 0 Å². The number of nitrogens with one attached hydrogen (secondary N) is 1. The molecule has 1 N–H and O–H groups in total. The molecule has 1 fully saturated rings. The maximum Gasteiger partial charge on any atom is 0.130 e. The Morgan fingerprint density at radius 1 is 1.35 bits per heavy atom. The normalized spacial score (nSPS) is 19.2. The summed E-state index contributed by atoms with van der Waals surface area (Å²) in [7, 11) is 0. The number of benzene rings is 1. The molecule has 1 aliphatic heterocycles. The van der Waals surface area contributed by atoms with Crippen molar-refractivity contribution in [3.8, 4) is 0 Å². The summed E-state index contributed by atoms with van der Waals surface area (Å²) in [6, 6.07) is 3.87. The second kappa shape index (κ2) is 7.14. The lowest BCUT2D eigenvalue weighted by Crippen LogP contribution is -2.33. The second-order valence-corrected chi connectivity index (χ2v) is 6.18. The predicted molar refractivity (Wildman–Crippen MR) is 77.4 cm³/mol. The SMILES string of the molecule is CC(C)CN(Cc1ccc(F)cc1F)C[C@H]1CCNC1. The summed E-state index contributed by atoms with van der Waals surface area (Å²) >= 11 is 0. The monoisotopic (exact) mass is 282 g/mol. The van der Waals surface area contributed by atoms with Crippen molar-refractivity contribution in [2.45, 2.75) is 26.8 Å². The molecule has 1 aliphatic rings. The third-order valence-electron chi connectivity index (χ3n) is 3.71. The van der Waals surface area contributed by atoms with Crippen LogP contribution in [0.2, 0.25) is 0 Å². The first-order valence-corrected chi connectivity index (χ1v) is 7.41. The Morgan fingerprint density at radius 3 is 2.75 bits per heavy atom. The van der Waals surface area contributed by atoms with Crippen molar-refractivity contribution in [2.24, 2.45) is 11.8 Å². The maximum absolute atomic E-state index is 13.8. The van der Waals surface area contributed by atoms with Crippen LogP contribution in [0, 0.1) is 23.5 Å². The van der Waals surface area contributed by atoms with Crippen LogP contribution in [0.4, 0.5) is 8.78 Å². The van der Waals surface area contributed by atoms with Crippen LogP contribution in [-0.2, 0) is 6.54 Å². The lowest BCUT2D eigenvalue weighted by Gasteiger charge is -2.27. The van der Waals surface area contributed by atoms with Gasteiger partial charge < -0.3 is 5.32 Å². The zero-order valence-corrected chi connectivity index (χ0v) is 12.3. The zero-order chi connectivity index (χ0) is 14.5. The first kappa shape index (κ1) is 15.4. The molecule has 0 radical (unpaired) electrons. The molecular weight excluding hydrogens is 258 g/mol. The van der Waals surface area contributed by atoms with Crippen molar-refractivity contribution >= 4 is 0 Å². The standard InChI is InChI=1S/C16H24F2N2/c1-12(2)9-20(10-13-5-6-19-8-13)11-14-3-4-15(17)7-16(14)18/h3-4,7,12-13,19H,5-6,8-11H2,1-2H3/t13-/m0/s1. The van der Waals surface area contributed by atoms with E-state index in [-0.39, 0.29) is 0 Å². The zero-order valence-electron chi connectivity index (χ0n) is 12.3. The minimum absolute atomic E-state index is 0.441. The van der Waals surface area contributed by atoms with Crippen LogP contribution >= 0.6 is 0 Å². The van der Waals surface area contributed by atoms with E-state index >= 15 is 0 Å². The molecule has 1 atom stereocenters. The van der Waals surface area contributed by atoms with Crippen LogP contribution in [-0.4, -0.2) is 31.1 Å². The van der Waals surface area contributed by atoms with Gasteiger partial charge in [0.15, 0.2) is 0 Å². The van der Waals surface area contributed by atoms with Crippen LogP contribution in [0.25, 0.3) is 0 Å². The fourth-order valence-corrected chi connectivity index (χ4v) is 2.85. The molecule has 0 spiro atoms. The Labute approximate surface area is 120 Å². The van der Waals surface area contributed by atoms with Gasteiger partial charge in [-0.3, -0.25) is 4.90 Å². The summed E-state index contributed by atoms with van der Waals surface area (Å²) in [6.07, 6.45) is 1.18. The first-order valence-electron chi connectivity index (χ1n) is 7.41. The van der Waals surface area contributed by atoms with Gasteiger partial charge in [0.25, 0.3) is 0 Å². The van der Waals surface area contributed by atoms with Crippen molar-refractivity contribution in [3.05, 3.63) is 35.4 Å². The number of halogens is 2. The summed E-state index contributed by atoms with van der Waals surface area (Å²) in [6.45, 7) is 8.92. The fourth-order valence-electron chi connectivity index (χ4n) is 2.85. The molecule has 0 amide bonds. The highest BCUT2D eigenvalue weighted by molar-refractivity contribution is 5.18. The molecule has 0 unspecified atom stereocenters. The second-order valence-electron chi connectivity index (χ2n) is 6.18. The molecule has 4 heteroatoms. The van der Waals surface area contributed by atoms with Gasteiger partial charge in [-0.25, -0.2) is 8.78 Å². The highest BCUT2D eigenvalue weighted by Gasteiger charge is 2.20. The predicted octanol–water partition coefficient (Wildman–Crippen LogP) is 3.03. The van der Waals surface area contributed by atoms with E-state index in [1.165, 1.54) is 12.5 Å². The van der Waals surface area contributed by atoms with Crippen LogP contribution in [0.3, 0.4) is 0 Å². The van der Waals surface area contributed by atoms with E-state index in [9.17, 15) is 8.78 Å². The largest absolute Gasteiger partial charge is 0.316 e. The molecule has 0 bridgehead atoms. The van der Waals surface area contributed by atoms with Crippen molar-refractivity contribution in [2.75, 3.05) is 26.2 Å². The molecule has 0 aromatic heterocycles. The summed E-state index contributed by atoms with van der Waals surface area (Å²) in [4.78, 5) is 2.29. The Balaban J connectivity index is 2.01. The molecule has 20 heavy (non-hydrogen) atoms. The van der Waals surface area contributed by atoms with Gasteiger partial charge in [0, 0.05) is 31.3 Å². The van der Waals surface area contributed by atoms with Gasteiger partial charge in [-0.15, -0.1) is 0 Å². The average Bonchev–Trinajstić information content (AvgIpc) is 2.84. The topological polar surface area (TPSA) is 15.3 Å². The van der Waals surface area contributed by atoms with Gasteiger partial charge in [0.2, 0.25) is 0 Å². The van der Waals surface area contributed by atoms with E-state index in [0.717, 1.165) is 32.2 Å². The van der Waals surface area contributed by atoms with Crippen LogP contribution in [0.15, 0.2) is 18.2 Å². The third-order valence-corrected chi connectivity index (χ3v) is 3.71. The lowest BCUT2D eigenvalue weighted by molar-refractivity contribution is 0.203. The number of hydrogen-bond donors (Lipinski definition) is 1. The van der Waals surface area contributed by atoms with Gasteiger partial charge >= 0.3 is 0 Å². The molecule has 1 heterocycles. The highest BCUT2D eigenvalue weighted by atomic mass is 19.1. The molecule has 2 nitrogen and oxygen atoms in total. The average molecular weight is 282 g/mol. The molecule has 1 saturated heterocycles. The van der Waals surface area contributed by atoms with Gasteiger partial charge in [-0.05, 0) is 37.4 Å². The maximum atomic E-state index is 13.8. The van der Waals surface area contributed by atoms with Gasteiger partial charge in [0.05, 0.1) is 0 Å². The minimum atomic E-state index is -0.512. The molecule has 1 aromatic carbocycles. The van der Waals surface area contributed by atoms with Crippen molar-refractivity contribution in [1.29, 1.82) is 0 Å². The summed E-state index contributed by atoms with van der Waals surface area (Å²) in [5.74, 6) is 0.218. The smallest absolute Gasteiger partial charge is 0.130 e. The van der Waals surface area contributed by atoms with E-state index in [1.807, 2.05) is 0 Å². The Bertz CT molecular complexity index is 428. The van der Waals surface area contributed by atoms with E-state index in [1.54, 1.807) is 6.07 Å². The molecule has 2 rings (SSSR count). The van der Waals surface area contributed by atoms with E-state index in [4.69, 9.17) is 0 Å². The Kier molecular flexibility index (Phi) is 5.49. The van der Waals surface area contributed by atoms with Gasteiger partial charge in [-0.1, -0.05) is 19.9 Å². The molecule has 112 valence electrons. The summed E-state index contributed by atoms with van der Waals surface area (Å²) in [5.41, 5.74) is 0.581. The number of rotatable bonds is 6. The number of nitrogens with zero attached hydrogens (tertiary/aromatic N) is 1. The van der Waals surface area contributed by atoms with E-state index in [2.05, 4.69) is 24.1 Å². The fraction of sp³-hybridized carbons (Fsp3) is 0.625. The van der Waals surface area contributed by atoms with Crippen molar-refractivity contribution in [1.82, 2.24) is 10.2 Å². The van der Waals surface area contributed by atoms with Crippen LogP contribution in [0.1, 0.15) is 25.8 Å². The van der Waals surface area contributed by atoms with Gasteiger partial charge in [-0.2, -0.15) is 0 Å². The van der Waals surface area contributed by atoms with Crippen molar-refractivity contribution in [3.63, 3.8) is 0 Å². The third kappa shape index (κ3) is 4.53. The van der Waals surface area contributed by atoms with E-state index < -0.39 is 11.6 Å². The molecule has 1 aromatic rings. The molecular formula is C16H24F2N2. The summed E-state index contributed by atoms with van der Waals surface area (Å²) in [5, 5.41) is 3.36. The molecule has 0 aliphatic carbocycles. The quantitative estimate of drug-likeness (QED) is 0.863. The highest BCUT2D eigenvalue weighted by Crippen LogP contribution is 2.17. The summed E-state index contributed by atoms with van der Waals surface area (Å²) < 4.78 is 26.7. The lowest BCUT2D eigenvalue weighted by atomic mass is 10.1. The first-order chi connectivity index (χ1) is 9.54. The molecule has 0 saturated carbocycles. The Morgan fingerprint density at radius 2 is 2.15 bits per heavy atom. The minimum Gasteiger partial charge on any atom is -0.316 e. The van der Waals surface area contributed by atoms with E-state index in [0.29, 0.717) is 23.9 Å². The van der Waals surface area contributed by atoms with Crippen molar-refractivity contribution < 1.29 is 8.78 Å². The van der Waals surface area contributed by atoms with Gasteiger partial charge in [0.1, 0.15) is 11.6 Å². The Hall–Kier alpha value is -1.00. The number of hydrogen-bond acceptors (Lipinski definition) is 2. The van der Waals surface area contributed by atoms with Crippen LogP contribution < -0.4 is 5.32 Å².